The molecule has 7 heteroatoms. The van der Waals surface area contributed by atoms with Crippen LogP contribution in [0.15, 0.2) is 42.5 Å². The lowest BCUT2D eigenvalue weighted by atomic mass is 10.2. The summed E-state index contributed by atoms with van der Waals surface area (Å²) in [6, 6.07) is 11.9. The van der Waals surface area contributed by atoms with Gasteiger partial charge in [0.2, 0.25) is 0 Å². The Hall–Kier alpha value is -1.82. The number of anilines is 1. The Morgan fingerprint density at radius 2 is 1.81 bits per heavy atom. The fourth-order valence-corrected chi connectivity index (χ4v) is 3.00. The number of rotatable bonds is 8. The maximum atomic E-state index is 12.3. The molecule has 0 fully saturated rings. The summed E-state index contributed by atoms with van der Waals surface area (Å²) in [5.41, 5.74) is 1.05. The van der Waals surface area contributed by atoms with Crippen molar-refractivity contribution < 1.29 is 9.53 Å². The summed E-state index contributed by atoms with van der Waals surface area (Å²) in [6.45, 7) is 2.86. The van der Waals surface area contributed by atoms with Gasteiger partial charge in [-0.2, -0.15) is 0 Å². The largest absolute Gasteiger partial charge is 0.494 e. The summed E-state index contributed by atoms with van der Waals surface area (Å²) < 4.78 is 5.67. The number of nitrogens with one attached hydrogen (secondary N) is 2. The predicted octanol–water partition coefficient (Wildman–Crippen LogP) is 6.08. The van der Waals surface area contributed by atoms with Gasteiger partial charge in [0.15, 0.2) is 5.11 Å². The van der Waals surface area contributed by atoms with Crippen molar-refractivity contribution in [1.29, 1.82) is 0 Å². The first-order chi connectivity index (χ1) is 13.0. The van der Waals surface area contributed by atoms with E-state index in [1.54, 1.807) is 42.5 Å². The number of carbonyl (C=O) groups is 1. The zero-order valence-electron chi connectivity index (χ0n) is 15.1. The standard InChI is InChI=1S/C20H22Cl2N2O2S/c1-2-3-4-5-12-26-16-9-6-14(7-10-16)19(25)24-20(27)23-18-11-8-15(21)13-17(18)22/h6-11,13H,2-5,12H2,1H3,(H2,23,24,25,27). The Labute approximate surface area is 175 Å². The van der Waals surface area contributed by atoms with E-state index >= 15 is 0 Å². The van der Waals surface area contributed by atoms with Crippen LogP contribution in [0.25, 0.3) is 0 Å². The topological polar surface area (TPSA) is 50.4 Å². The Morgan fingerprint density at radius 3 is 2.48 bits per heavy atom. The molecule has 4 nitrogen and oxygen atoms in total. The molecule has 0 saturated heterocycles. The van der Waals surface area contributed by atoms with E-state index in [4.69, 9.17) is 40.2 Å². The zero-order valence-corrected chi connectivity index (χ0v) is 17.4. The van der Waals surface area contributed by atoms with Crippen molar-refractivity contribution in [2.24, 2.45) is 0 Å². The molecule has 27 heavy (non-hydrogen) atoms. The Bertz CT molecular complexity index is 782. The van der Waals surface area contributed by atoms with Crippen LogP contribution < -0.4 is 15.4 Å². The molecule has 0 aliphatic rings. The average Bonchev–Trinajstić information content (AvgIpc) is 2.64. The van der Waals surface area contributed by atoms with Crippen LogP contribution in [0.3, 0.4) is 0 Å². The number of hydrogen-bond donors (Lipinski definition) is 2. The molecule has 0 aliphatic carbocycles. The second-order valence-electron chi connectivity index (χ2n) is 5.97. The van der Waals surface area contributed by atoms with E-state index in [0.29, 0.717) is 27.9 Å². The third-order valence-electron chi connectivity index (χ3n) is 3.79. The minimum absolute atomic E-state index is 0.153. The van der Waals surface area contributed by atoms with Crippen molar-refractivity contribution in [3.8, 4) is 5.75 Å². The summed E-state index contributed by atoms with van der Waals surface area (Å²) in [5.74, 6) is 0.434. The van der Waals surface area contributed by atoms with Crippen molar-refractivity contribution in [3.05, 3.63) is 58.1 Å². The molecule has 0 radical (unpaired) electrons. The lowest BCUT2D eigenvalue weighted by Gasteiger charge is -2.11. The molecule has 2 aromatic rings. The van der Waals surface area contributed by atoms with Crippen LogP contribution in [0.4, 0.5) is 5.69 Å². The third kappa shape index (κ3) is 7.37. The van der Waals surface area contributed by atoms with Gasteiger partial charge in [0.05, 0.1) is 17.3 Å². The summed E-state index contributed by atoms with van der Waals surface area (Å²) in [7, 11) is 0. The molecular weight excluding hydrogens is 403 g/mol. The smallest absolute Gasteiger partial charge is 0.257 e. The molecule has 0 spiro atoms. The Balaban J connectivity index is 1.83. The summed E-state index contributed by atoms with van der Waals surface area (Å²) in [6.07, 6.45) is 4.62. The summed E-state index contributed by atoms with van der Waals surface area (Å²) in [4.78, 5) is 12.3. The highest BCUT2D eigenvalue weighted by molar-refractivity contribution is 7.80. The molecule has 0 saturated carbocycles. The number of unbranched alkanes of at least 4 members (excludes halogenated alkanes) is 3. The third-order valence-corrected chi connectivity index (χ3v) is 4.54. The minimum Gasteiger partial charge on any atom is -0.494 e. The molecule has 0 bridgehead atoms. The number of carbonyl (C=O) groups excluding carboxylic acids is 1. The van der Waals surface area contributed by atoms with Gasteiger partial charge in [-0.3, -0.25) is 10.1 Å². The maximum absolute atomic E-state index is 12.3. The van der Waals surface area contributed by atoms with E-state index in [1.165, 1.54) is 19.3 Å². The van der Waals surface area contributed by atoms with Crippen molar-refractivity contribution in [2.75, 3.05) is 11.9 Å². The van der Waals surface area contributed by atoms with Gasteiger partial charge in [-0.1, -0.05) is 49.4 Å². The van der Waals surface area contributed by atoms with E-state index < -0.39 is 0 Å². The van der Waals surface area contributed by atoms with Gasteiger partial charge in [0, 0.05) is 10.6 Å². The van der Waals surface area contributed by atoms with Gasteiger partial charge in [0.1, 0.15) is 5.75 Å². The second-order valence-corrected chi connectivity index (χ2v) is 7.22. The maximum Gasteiger partial charge on any atom is 0.257 e. The molecular formula is C20H22Cl2N2O2S. The fourth-order valence-electron chi connectivity index (χ4n) is 2.34. The van der Waals surface area contributed by atoms with E-state index in [2.05, 4.69) is 17.6 Å². The number of hydrogen-bond acceptors (Lipinski definition) is 3. The monoisotopic (exact) mass is 424 g/mol. The number of amides is 1. The molecule has 0 aliphatic heterocycles. The Morgan fingerprint density at radius 1 is 1.07 bits per heavy atom. The zero-order chi connectivity index (χ0) is 19.6. The van der Waals surface area contributed by atoms with Gasteiger partial charge in [-0.05, 0) is 61.1 Å². The van der Waals surface area contributed by atoms with Gasteiger partial charge >= 0.3 is 0 Å². The summed E-state index contributed by atoms with van der Waals surface area (Å²) in [5, 5.41) is 6.59. The molecule has 0 unspecified atom stereocenters. The highest BCUT2D eigenvalue weighted by Gasteiger charge is 2.10. The lowest BCUT2D eigenvalue weighted by Crippen LogP contribution is -2.34. The SMILES string of the molecule is CCCCCCOc1ccc(C(=O)NC(=S)Nc2ccc(Cl)cc2Cl)cc1. The first-order valence-corrected chi connectivity index (χ1v) is 9.96. The highest BCUT2D eigenvalue weighted by Crippen LogP contribution is 2.25. The number of ether oxygens (including phenoxy) is 1. The number of halogens is 2. The van der Waals surface area contributed by atoms with Crippen molar-refractivity contribution in [3.63, 3.8) is 0 Å². The van der Waals surface area contributed by atoms with E-state index in [9.17, 15) is 4.79 Å². The van der Waals surface area contributed by atoms with Crippen LogP contribution >= 0.6 is 35.4 Å². The van der Waals surface area contributed by atoms with Gasteiger partial charge in [-0.15, -0.1) is 0 Å². The van der Waals surface area contributed by atoms with E-state index in [1.807, 2.05) is 0 Å². The predicted molar refractivity (Wildman–Crippen MR) is 116 cm³/mol. The van der Waals surface area contributed by atoms with Crippen LogP contribution in [-0.2, 0) is 0 Å². The average molecular weight is 425 g/mol. The van der Waals surface area contributed by atoms with Crippen molar-refractivity contribution >= 4 is 52.1 Å². The number of thiocarbonyl (C=S) groups is 1. The Kier molecular flexibility index (Phi) is 8.85. The van der Waals surface area contributed by atoms with Gasteiger partial charge in [0.25, 0.3) is 5.91 Å². The first kappa shape index (κ1) is 21.5. The van der Waals surface area contributed by atoms with Gasteiger partial charge in [-0.25, -0.2) is 0 Å². The van der Waals surface area contributed by atoms with E-state index in [-0.39, 0.29) is 11.0 Å². The highest BCUT2D eigenvalue weighted by atomic mass is 35.5. The van der Waals surface area contributed by atoms with Crippen molar-refractivity contribution in [2.45, 2.75) is 32.6 Å². The quantitative estimate of drug-likeness (QED) is 0.398. The molecule has 0 atom stereocenters. The molecule has 2 rings (SSSR count). The van der Waals surface area contributed by atoms with Crippen LogP contribution in [0.1, 0.15) is 43.0 Å². The van der Waals surface area contributed by atoms with Crippen LogP contribution in [0, 0.1) is 0 Å². The van der Waals surface area contributed by atoms with Crippen molar-refractivity contribution in [1.82, 2.24) is 5.32 Å². The molecule has 2 N–H and O–H groups in total. The molecule has 0 heterocycles. The van der Waals surface area contributed by atoms with E-state index in [0.717, 1.165) is 12.2 Å². The normalized spacial score (nSPS) is 10.3. The van der Waals surface area contributed by atoms with Crippen LogP contribution in [0.5, 0.6) is 5.75 Å². The van der Waals surface area contributed by atoms with Crippen LogP contribution in [-0.4, -0.2) is 17.6 Å². The first-order valence-electron chi connectivity index (χ1n) is 8.80. The second kappa shape index (κ2) is 11.1. The fraction of sp³-hybridized carbons (Fsp3) is 0.300. The molecule has 1 amide bonds. The number of benzene rings is 2. The summed E-state index contributed by atoms with van der Waals surface area (Å²) >= 11 is 17.1. The molecule has 0 aromatic heterocycles. The molecule has 144 valence electrons. The van der Waals surface area contributed by atoms with Gasteiger partial charge < -0.3 is 10.1 Å². The van der Waals surface area contributed by atoms with Crippen LogP contribution in [0.2, 0.25) is 10.0 Å². The molecule has 2 aromatic carbocycles. The lowest BCUT2D eigenvalue weighted by molar-refractivity contribution is 0.0977. The minimum atomic E-state index is -0.313.